The van der Waals surface area contributed by atoms with Crippen LogP contribution in [0.5, 0.6) is 0 Å². The molecule has 1 aliphatic heterocycles. The lowest BCUT2D eigenvalue weighted by Gasteiger charge is -2.33. The average molecular weight is 575 g/mol. The fourth-order valence-corrected chi connectivity index (χ4v) is 6.47. The molecule has 4 heteroatoms. The van der Waals surface area contributed by atoms with Gasteiger partial charge in [-0.1, -0.05) is 128 Å². The number of hydrogen-bond donors (Lipinski definition) is 1. The van der Waals surface area contributed by atoms with E-state index in [4.69, 9.17) is 5.26 Å². The minimum absolute atomic E-state index is 0.202. The summed E-state index contributed by atoms with van der Waals surface area (Å²) in [5, 5.41) is 18.3. The van der Waals surface area contributed by atoms with Gasteiger partial charge in [-0.25, -0.2) is 0 Å². The highest BCUT2D eigenvalue weighted by Crippen LogP contribution is 2.32. The molecule has 1 heterocycles. The number of benzene rings is 2. The number of nitriles is 1. The summed E-state index contributed by atoms with van der Waals surface area (Å²) in [5.41, 5.74) is 2.12. The molecule has 1 N–H and O–H groups in total. The van der Waals surface area contributed by atoms with Crippen LogP contribution in [0.4, 0.5) is 0 Å². The second kappa shape index (κ2) is 21.1. The predicted octanol–water partition coefficient (Wildman–Crippen LogP) is 9.78. The summed E-state index contributed by atoms with van der Waals surface area (Å²) in [6.07, 6.45) is 16.1. The van der Waals surface area contributed by atoms with E-state index >= 15 is 0 Å². The van der Waals surface area contributed by atoms with Crippen LogP contribution in [-0.2, 0) is 11.2 Å². The topological polar surface area (TPSA) is 64.3 Å². The summed E-state index contributed by atoms with van der Waals surface area (Å²) in [5.74, 6) is 2.21. The number of hydrogen-bond acceptors (Lipinski definition) is 3. The lowest BCUT2D eigenvalue weighted by molar-refractivity contribution is -0.145. The van der Waals surface area contributed by atoms with E-state index in [9.17, 15) is 9.90 Å². The first kappa shape index (κ1) is 35.6. The first-order valence-corrected chi connectivity index (χ1v) is 16.8. The lowest BCUT2D eigenvalue weighted by atomic mass is 9.83. The maximum atomic E-state index is 11.5. The van der Waals surface area contributed by atoms with Crippen LogP contribution in [0.1, 0.15) is 116 Å². The standard InChI is InChI=1S/C18H27N.C14H25NO2.C6H6/c1-4-5-16(7-6-15(2)3)8-9-17-10-12-18(14-19)13-11-17;1-2-11-8-9-15(10-11)13(14(16)17)12-6-4-3-5-7-12;1-2-4-6-5-3-1/h10-13,15-16H,4-9H2,1-3H3;11-13H,2-10H2,1H3,(H,16,17);1-6H/t;11-,13-;/m.1./s1. The molecule has 232 valence electrons. The third-order valence-electron chi connectivity index (χ3n) is 9.08. The van der Waals surface area contributed by atoms with Crippen LogP contribution in [-0.4, -0.2) is 35.1 Å². The van der Waals surface area contributed by atoms with Crippen molar-refractivity contribution in [1.82, 2.24) is 4.90 Å². The molecule has 4 nitrogen and oxygen atoms in total. The second-order valence-corrected chi connectivity index (χ2v) is 12.9. The number of carboxylic acid groups (broad SMARTS) is 1. The monoisotopic (exact) mass is 574 g/mol. The van der Waals surface area contributed by atoms with Crippen molar-refractivity contribution in [3.63, 3.8) is 0 Å². The van der Waals surface area contributed by atoms with Gasteiger partial charge in [-0.2, -0.15) is 5.26 Å². The van der Waals surface area contributed by atoms with Crippen LogP contribution < -0.4 is 0 Å². The Balaban J connectivity index is 0.000000245. The Morgan fingerprint density at radius 3 is 2.00 bits per heavy atom. The fourth-order valence-electron chi connectivity index (χ4n) is 6.47. The van der Waals surface area contributed by atoms with Gasteiger partial charge < -0.3 is 5.11 Å². The van der Waals surface area contributed by atoms with Gasteiger partial charge in [0.1, 0.15) is 6.04 Å². The van der Waals surface area contributed by atoms with Crippen molar-refractivity contribution in [2.75, 3.05) is 13.1 Å². The molecule has 0 spiro atoms. The van der Waals surface area contributed by atoms with Crippen molar-refractivity contribution in [1.29, 1.82) is 5.26 Å². The first-order valence-electron chi connectivity index (χ1n) is 16.8. The van der Waals surface area contributed by atoms with Gasteiger partial charge in [-0.05, 0) is 80.0 Å². The maximum absolute atomic E-state index is 11.5. The van der Waals surface area contributed by atoms with Gasteiger partial charge in [0.05, 0.1) is 11.6 Å². The van der Waals surface area contributed by atoms with Crippen LogP contribution in [0.3, 0.4) is 0 Å². The summed E-state index contributed by atoms with van der Waals surface area (Å²) >= 11 is 0. The molecule has 3 atom stereocenters. The molecule has 0 bridgehead atoms. The Hall–Kier alpha value is -2.64. The van der Waals surface area contributed by atoms with Crippen LogP contribution in [0.25, 0.3) is 0 Å². The Morgan fingerprint density at radius 2 is 1.52 bits per heavy atom. The summed E-state index contributed by atoms with van der Waals surface area (Å²) in [6, 6.07) is 22.0. The summed E-state index contributed by atoms with van der Waals surface area (Å²) < 4.78 is 0. The molecule has 1 aliphatic carbocycles. The number of carbonyl (C=O) groups is 1. The lowest BCUT2D eigenvalue weighted by Crippen LogP contribution is -2.45. The van der Waals surface area contributed by atoms with E-state index in [1.165, 1.54) is 69.8 Å². The number of carboxylic acids is 1. The quantitative estimate of drug-likeness (QED) is 0.274. The zero-order chi connectivity index (χ0) is 30.6. The van der Waals surface area contributed by atoms with Gasteiger partial charge in [0.25, 0.3) is 0 Å². The average Bonchev–Trinajstić information content (AvgIpc) is 3.49. The molecule has 1 saturated heterocycles. The molecule has 2 aliphatic rings. The summed E-state index contributed by atoms with van der Waals surface area (Å²) in [4.78, 5) is 13.8. The minimum atomic E-state index is -0.589. The van der Waals surface area contributed by atoms with Crippen LogP contribution >= 0.6 is 0 Å². The van der Waals surface area contributed by atoms with E-state index < -0.39 is 5.97 Å². The molecule has 42 heavy (non-hydrogen) atoms. The molecule has 1 unspecified atom stereocenters. The molecule has 0 amide bonds. The molecule has 0 radical (unpaired) electrons. The summed E-state index contributed by atoms with van der Waals surface area (Å²) in [7, 11) is 0. The van der Waals surface area contributed by atoms with E-state index in [0.29, 0.717) is 5.92 Å². The van der Waals surface area contributed by atoms with Gasteiger partial charge >= 0.3 is 5.97 Å². The Bertz CT molecular complexity index is 965. The molecular weight excluding hydrogens is 516 g/mol. The fraction of sp³-hybridized carbons (Fsp3) is 0.632. The zero-order valence-electron chi connectivity index (χ0n) is 27.0. The zero-order valence-corrected chi connectivity index (χ0v) is 27.0. The van der Waals surface area contributed by atoms with Crippen molar-refractivity contribution in [3.8, 4) is 6.07 Å². The van der Waals surface area contributed by atoms with Gasteiger partial charge in [0, 0.05) is 6.54 Å². The van der Waals surface area contributed by atoms with Crippen LogP contribution in [0, 0.1) is 35.0 Å². The summed E-state index contributed by atoms with van der Waals surface area (Å²) in [6.45, 7) is 11.1. The van der Waals surface area contributed by atoms with E-state index in [0.717, 1.165) is 55.7 Å². The Morgan fingerprint density at radius 1 is 0.905 bits per heavy atom. The normalized spacial score (nSPS) is 18.6. The molecule has 2 aromatic carbocycles. The number of aliphatic carboxylic acids is 1. The van der Waals surface area contributed by atoms with E-state index in [2.05, 4.69) is 50.8 Å². The largest absolute Gasteiger partial charge is 0.480 e. The predicted molar refractivity (Wildman–Crippen MR) is 176 cm³/mol. The van der Waals surface area contributed by atoms with Crippen molar-refractivity contribution in [3.05, 3.63) is 71.8 Å². The van der Waals surface area contributed by atoms with Crippen molar-refractivity contribution >= 4 is 5.97 Å². The third kappa shape index (κ3) is 14.0. The van der Waals surface area contributed by atoms with Gasteiger partial charge in [-0.3, -0.25) is 9.69 Å². The van der Waals surface area contributed by atoms with E-state index in [1.807, 2.05) is 48.5 Å². The van der Waals surface area contributed by atoms with Crippen LogP contribution in [0.15, 0.2) is 60.7 Å². The smallest absolute Gasteiger partial charge is 0.321 e. The van der Waals surface area contributed by atoms with Crippen molar-refractivity contribution in [2.24, 2.45) is 23.7 Å². The third-order valence-corrected chi connectivity index (χ3v) is 9.08. The van der Waals surface area contributed by atoms with Gasteiger partial charge in [0.15, 0.2) is 0 Å². The highest BCUT2D eigenvalue weighted by molar-refractivity contribution is 5.74. The molecule has 1 saturated carbocycles. The van der Waals surface area contributed by atoms with E-state index in [1.54, 1.807) is 0 Å². The second-order valence-electron chi connectivity index (χ2n) is 12.9. The number of aryl methyl sites for hydroxylation is 1. The number of rotatable bonds is 12. The van der Waals surface area contributed by atoms with Gasteiger partial charge in [-0.15, -0.1) is 0 Å². The minimum Gasteiger partial charge on any atom is -0.480 e. The highest BCUT2D eigenvalue weighted by atomic mass is 16.4. The molecule has 4 rings (SSSR count). The molecule has 2 fully saturated rings. The van der Waals surface area contributed by atoms with Crippen molar-refractivity contribution < 1.29 is 9.90 Å². The molecule has 2 aromatic rings. The molecule has 0 aromatic heterocycles. The number of likely N-dealkylation sites (tertiary alicyclic amines) is 1. The highest BCUT2D eigenvalue weighted by Gasteiger charge is 2.37. The van der Waals surface area contributed by atoms with Crippen molar-refractivity contribution in [2.45, 2.75) is 117 Å². The Kier molecular flexibility index (Phi) is 17.9. The SMILES string of the molecule is CCCC(CCc1ccc(C#N)cc1)CCC(C)C.CC[C@@H]1CCN([C@@H](C(=O)O)C2CCCCC2)C1.c1ccccc1. The first-order chi connectivity index (χ1) is 20.4. The number of nitrogens with zero attached hydrogens (tertiary/aromatic N) is 2. The molecular formula is C38H58N2O2. The maximum Gasteiger partial charge on any atom is 0.321 e. The Labute approximate surface area is 257 Å². The van der Waals surface area contributed by atoms with Gasteiger partial charge in [0.2, 0.25) is 0 Å². The van der Waals surface area contributed by atoms with E-state index in [-0.39, 0.29) is 6.04 Å². The van der Waals surface area contributed by atoms with Crippen LogP contribution in [0.2, 0.25) is 0 Å².